The van der Waals surface area contributed by atoms with E-state index in [0.29, 0.717) is 0 Å². The zero-order chi connectivity index (χ0) is 8.97. The third-order valence-corrected chi connectivity index (χ3v) is 3.78. The van der Waals surface area contributed by atoms with Gasteiger partial charge in [0.15, 0.2) is 0 Å². The molecule has 12 heavy (non-hydrogen) atoms. The Hall–Kier alpha value is 0.340. The van der Waals surface area contributed by atoms with Gasteiger partial charge in [-0.1, -0.05) is 18.5 Å². The highest BCUT2D eigenvalue weighted by molar-refractivity contribution is 9.10. The minimum absolute atomic E-state index is 0.774. The second-order valence-electron chi connectivity index (χ2n) is 2.42. The van der Waals surface area contributed by atoms with Crippen molar-refractivity contribution in [3.63, 3.8) is 0 Å². The highest BCUT2D eigenvalue weighted by Gasteiger charge is 1.98. The van der Waals surface area contributed by atoms with Crippen molar-refractivity contribution in [2.24, 2.45) is 0 Å². The Labute approximate surface area is 90.8 Å². The van der Waals surface area contributed by atoms with Crippen LogP contribution in [0.25, 0.3) is 0 Å². The molecule has 0 amide bonds. The van der Waals surface area contributed by atoms with Crippen molar-refractivity contribution in [2.75, 3.05) is 5.75 Å². The molecule has 0 fully saturated rings. The van der Waals surface area contributed by atoms with Gasteiger partial charge in [0.05, 0.1) is 5.02 Å². The van der Waals surface area contributed by atoms with Gasteiger partial charge in [-0.25, -0.2) is 0 Å². The Morgan fingerprint density at radius 3 is 2.83 bits per heavy atom. The summed E-state index contributed by atoms with van der Waals surface area (Å²) in [5.74, 6) is 1.16. The van der Waals surface area contributed by atoms with E-state index in [1.165, 1.54) is 11.3 Å². The van der Waals surface area contributed by atoms with E-state index in [1.54, 1.807) is 0 Å². The molecule has 1 aromatic carbocycles. The van der Waals surface area contributed by atoms with E-state index in [2.05, 4.69) is 28.9 Å². The predicted molar refractivity (Wildman–Crippen MR) is 60.2 cm³/mol. The Kier molecular flexibility index (Phi) is 4.47. The molecule has 0 aromatic heterocycles. The molecule has 0 bridgehead atoms. The van der Waals surface area contributed by atoms with Crippen molar-refractivity contribution in [3.8, 4) is 0 Å². The minimum atomic E-state index is 0.774. The molecule has 0 atom stereocenters. The van der Waals surface area contributed by atoms with E-state index in [0.717, 1.165) is 15.2 Å². The number of rotatable bonds is 3. The highest BCUT2D eigenvalue weighted by atomic mass is 79.9. The normalized spacial score (nSPS) is 10.2. The van der Waals surface area contributed by atoms with Gasteiger partial charge in [0.25, 0.3) is 0 Å². The fourth-order valence-corrected chi connectivity index (χ4v) is 2.24. The lowest BCUT2D eigenvalue weighted by atomic mass is 10.4. The van der Waals surface area contributed by atoms with Crippen LogP contribution in [-0.2, 0) is 0 Å². The van der Waals surface area contributed by atoms with E-state index >= 15 is 0 Å². The molecule has 0 aliphatic heterocycles. The molecule has 0 nitrogen and oxygen atoms in total. The standard InChI is InChI=1S/C9H10BrClS/c1-2-5-12-7-3-4-9(11)8(10)6-7/h3-4,6H,2,5H2,1H3. The quantitative estimate of drug-likeness (QED) is 0.720. The van der Waals surface area contributed by atoms with Crippen LogP contribution in [-0.4, -0.2) is 5.75 Å². The first-order valence-corrected chi connectivity index (χ1v) is 5.97. The number of halogens is 2. The maximum absolute atomic E-state index is 5.86. The minimum Gasteiger partial charge on any atom is -0.126 e. The maximum Gasteiger partial charge on any atom is 0.0548 e. The summed E-state index contributed by atoms with van der Waals surface area (Å²) in [4.78, 5) is 1.27. The van der Waals surface area contributed by atoms with Crippen LogP contribution < -0.4 is 0 Å². The third kappa shape index (κ3) is 3.00. The smallest absolute Gasteiger partial charge is 0.0548 e. The van der Waals surface area contributed by atoms with Crippen LogP contribution in [0.15, 0.2) is 27.6 Å². The second kappa shape index (κ2) is 5.15. The summed E-state index contributed by atoms with van der Waals surface area (Å²) in [6.07, 6.45) is 1.20. The summed E-state index contributed by atoms with van der Waals surface area (Å²) in [6, 6.07) is 6.03. The van der Waals surface area contributed by atoms with Crippen LogP contribution in [0.4, 0.5) is 0 Å². The van der Waals surface area contributed by atoms with E-state index in [-0.39, 0.29) is 0 Å². The number of benzene rings is 1. The molecular formula is C9H10BrClS. The number of thioether (sulfide) groups is 1. The van der Waals surface area contributed by atoms with Crippen molar-refractivity contribution in [1.82, 2.24) is 0 Å². The Morgan fingerprint density at radius 1 is 1.50 bits per heavy atom. The molecule has 0 aliphatic carbocycles. The number of hydrogen-bond donors (Lipinski definition) is 0. The predicted octanol–water partition coefficient (Wildman–Crippen LogP) is 4.60. The summed E-state index contributed by atoms with van der Waals surface area (Å²) >= 11 is 11.1. The van der Waals surface area contributed by atoms with E-state index in [4.69, 9.17) is 11.6 Å². The van der Waals surface area contributed by atoms with Crippen molar-refractivity contribution in [2.45, 2.75) is 18.2 Å². The lowest BCUT2D eigenvalue weighted by molar-refractivity contribution is 1.10. The van der Waals surface area contributed by atoms with Gasteiger partial charge in [0.1, 0.15) is 0 Å². The summed E-state index contributed by atoms with van der Waals surface area (Å²) in [5, 5.41) is 0.774. The Morgan fingerprint density at radius 2 is 2.25 bits per heavy atom. The van der Waals surface area contributed by atoms with Crippen molar-refractivity contribution >= 4 is 39.3 Å². The first-order valence-electron chi connectivity index (χ1n) is 3.82. The van der Waals surface area contributed by atoms with Crippen LogP contribution in [0.5, 0.6) is 0 Å². The zero-order valence-electron chi connectivity index (χ0n) is 6.81. The van der Waals surface area contributed by atoms with Gasteiger partial charge in [-0.15, -0.1) is 11.8 Å². The van der Waals surface area contributed by atoms with E-state index < -0.39 is 0 Å². The van der Waals surface area contributed by atoms with Crippen molar-refractivity contribution in [3.05, 3.63) is 27.7 Å². The van der Waals surface area contributed by atoms with Crippen molar-refractivity contribution < 1.29 is 0 Å². The zero-order valence-corrected chi connectivity index (χ0v) is 9.97. The second-order valence-corrected chi connectivity index (χ2v) is 4.85. The van der Waals surface area contributed by atoms with Crippen LogP contribution >= 0.6 is 39.3 Å². The monoisotopic (exact) mass is 264 g/mol. The first kappa shape index (κ1) is 10.4. The average Bonchev–Trinajstić information content (AvgIpc) is 2.07. The molecule has 3 heteroatoms. The third-order valence-electron chi connectivity index (χ3n) is 1.36. The molecule has 1 rings (SSSR count). The van der Waals surface area contributed by atoms with Gasteiger partial charge in [-0.05, 0) is 46.3 Å². The van der Waals surface area contributed by atoms with Crippen LogP contribution in [0.1, 0.15) is 13.3 Å². The van der Waals surface area contributed by atoms with Gasteiger partial charge in [0.2, 0.25) is 0 Å². The summed E-state index contributed by atoms with van der Waals surface area (Å²) < 4.78 is 0.977. The number of hydrogen-bond acceptors (Lipinski definition) is 1. The lowest BCUT2D eigenvalue weighted by Crippen LogP contribution is -1.76. The maximum atomic E-state index is 5.86. The fraction of sp³-hybridized carbons (Fsp3) is 0.333. The fourth-order valence-electron chi connectivity index (χ4n) is 0.787. The molecule has 0 saturated carbocycles. The summed E-state index contributed by atoms with van der Waals surface area (Å²) in [6.45, 7) is 2.18. The van der Waals surface area contributed by atoms with Gasteiger partial charge in [0, 0.05) is 9.37 Å². The SMILES string of the molecule is CCCSc1ccc(Cl)c(Br)c1. The van der Waals surface area contributed by atoms with Crippen LogP contribution in [0, 0.1) is 0 Å². The van der Waals surface area contributed by atoms with Gasteiger partial charge >= 0.3 is 0 Å². The molecular weight excluding hydrogens is 256 g/mol. The molecule has 66 valence electrons. The lowest BCUT2D eigenvalue weighted by Gasteiger charge is -2.01. The molecule has 1 aromatic rings. The highest BCUT2D eigenvalue weighted by Crippen LogP contribution is 2.28. The molecule has 0 radical (unpaired) electrons. The topological polar surface area (TPSA) is 0 Å². The first-order chi connectivity index (χ1) is 5.74. The molecule has 0 spiro atoms. The summed E-state index contributed by atoms with van der Waals surface area (Å²) in [5.41, 5.74) is 0. The molecule has 0 aliphatic rings. The average molecular weight is 266 g/mol. The Bertz CT molecular complexity index is 263. The van der Waals surface area contributed by atoms with Crippen LogP contribution in [0.2, 0.25) is 5.02 Å². The molecule has 0 heterocycles. The van der Waals surface area contributed by atoms with Gasteiger partial charge < -0.3 is 0 Å². The van der Waals surface area contributed by atoms with Crippen LogP contribution in [0.3, 0.4) is 0 Å². The molecule has 0 N–H and O–H groups in total. The Balaban J connectivity index is 2.69. The van der Waals surface area contributed by atoms with Crippen molar-refractivity contribution in [1.29, 1.82) is 0 Å². The van der Waals surface area contributed by atoms with Gasteiger partial charge in [-0.3, -0.25) is 0 Å². The largest absolute Gasteiger partial charge is 0.126 e. The molecule has 0 saturated heterocycles. The van der Waals surface area contributed by atoms with E-state index in [1.807, 2.05) is 23.9 Å². The van der Waals surface area contributed by atoms with Gasteiger partial charge in [-0.2, -0.15) is 0 Å². The summed E-state index contributed by atoms with van der Waals surface area (Å²) in [7, 11) is 0. The van der Waals surface area contributed by atoms with E-state index in [9.17, 15) is 0 Å². The molecule has 0 unspecified atom stereocenters.